The lowest BCUT2D eigenvalue weighted by molar-refractivity contribution is 0.759. The first-order valence-electron chi connectivity index (χ1n) is 46.1. The molecule has 0 heterocycles. The average Bonchev–Trinajstić information content (AvgIpc) is 1.52. The maximum Gasteiger partial charge on any atom is 0.0714 e. The number of hydrogen-bond donors (Lipinski definition) is 0. The highest BCUT2D eigenvalue weighted by atomic mass is 14.6. The Labute approximate surface area is 763 Å². The van der Waals surface area contributed by atoms with Crippen molar-refractivity contribution in [2.45, 2.75) is 27.1 Å². The number of hydrogen-bond acceptors (Lipinski definition) is 0. The van der Waals surface area contributed by atoms with Gasteiger partial charge in [-0.15, -0.1) is 0 Å². The highest BCUT2D eigenvalue weighted by Crippen LogP contribution is 2.67. The predicted molar refractivity (Wildman–Crippen MR) is 542 cm³/mol. The fraction of sp³-hybridized carbons (Fsp3) is 0.0382. The lowest BCUT2D eigenvalue weighted by Gasteiger charge is -2.36. The molecule has 608 valence electrons. The maximum absolute atomic E-state index is 2.66. The molecule has 27 rings (SSSR count). The molecule has 0 heteroatoms. The Kier molecular flexibility index (Phi) is 16.5. The van der Waals surface area contributed by atoms with E-state index in [2.05, 4.69) is 510 Å². The summed E-state index contributed by atoms with van der Waals surface area (Å²) in [6.07, 6.45) is 0. The molecule has 0 radical (unpaired) electrons. The van der Waals surface area contributed by atoms with Crippen LogP contribution in [-0.4, -0.2) is 0 Å². The van der Waals surface area contributed by atoms with Crippen LogP contribution in [0.25, 0.3) is 121 Å². The van der Waals surface area contributed by atoms with Gasteiger partial charge in [0, 0.05) is 0 Å². The summed E-state index contributed by atoms with van der Waals surface area (Å²) in [6, 6.07) is 196. The Morgan fingerprint density at radius 1 is 0.0916 bits per heavy atom. The zero-order chi connectivity index (χ0) is 86.1. The summed E-state index contributed by atoms with van der Waals surface area (Å²) in [5, 5.41) is 7.14. The van der Waals surface area contributed by atoms with E-state index in [4.69, 9.17) is 0 Å². The van der Waals surface area contributed by atoms with Crippen LogP contribution in [0.5, 0.6) is 0 Å². The summed E-state index contributed by atoms with van der Waals surface area (Å²) in [7, 11) is 0. The number of fused-ring (bicyclic) bond motifs is 21. The molecule has 0 aliphatic heterocycles. The summed E-state index contributed by atoms with van der Waals surface area (Å²) in [5.74, 6) is 0. The number of benzene rings is 22. The molecule has 0 amide bonds. The van der Waals surface area contributed by atoms with Crippen molar-refractivity contribution in [2.24, 2.45) is 0 Å². The van der Waals surface area contributed by atoms with E-state index in [9.17, 15) is 0 Å². The minimum Gasteiger partial charge on any atom is -0.0622 e. The highest BCUT2D eigenvalue weighted by Gasteiger charge is 2.55. The van der Waals surface area contributed by atoms with Crippen molar-refractivity contribution in [1.82, 2.24) is 0 Å². The van der Waals surface area contributed by atoms with E-state index in [1.165, 1.54) is 233 Å². The third kappa shape index (κ3) is 10.3. The fourth-order valence-corrected chi connectivity index (χ4v) is 25.4. The van der Waals surface area contributed by atoms with Crippen LogP contribution in [0.15, 0.2) is 510 Å². The van der Waals surface area contributed by atoms with Crippen LogP contribution in [0.4, 0.5) is 0 Å². The van der Waals surface area contributed by atoms with E-state index in [1.807, 2.05) is 0 Å². The van der Waals surface area contributed by atoms with Crippen molar-refractivity contribution < 1.29 is 0 Å². The van der Waals surface area contributed by atoms with Crippen molar-refractivity contribution in [1.29, 1.82) is 0 Å². The Morgan fingerprint density at radius 2 is 0.252 bits per heavy atom. The summed E-state index contributed by atoms with van der Waals surface area (Å²) >= 11 is 0. The quantitative estimate of drug-likeness (QED) is 0.101. The molecule has 22 aromatic rings. The van der Waals surface area contributed by atoms with Gasteiger partial charge in [0.2, 0.25) is 0 Å². The Balaban J connectivity index is 0.769. The van der Waals surface area contributed by atoms with Crippen LogP contribution < -0.4 is 0 Å². The van der Waals surface area contributed by atoms with Gasteiger partial charge in [0.1, 0.15) is 0 Å². The van der Waals surface area contributed by atoms with Gasteiger partial charge in [-0.2, -0.15) is 0 Å². The topological polar surface area (TPSA) is 0 Å². The molecule has 131 heavy (non-hydrogen) atoms. The molecule has 0 nitrogen and oxygen atoms in total. The Bertz CT molecular complexity index is 7900. The van der Waals surface area contributed by atoms with Gasteiger partial charge in [-0.25, -0.2) is 0 Å². The van der Waals surface area contributed by atoms with Crippen molar-refractivity contribution in [3.05, 3.63) is 621 Å². The normalized spacial score (nSPS) is 16.0. The second-order valence-corrected chi connectivity index (χ2v) is 36.5. The molecule has 5 aliphatic rings. The van der Waals surface area contributed by atoms with Crippen LogP contribution in [0.1, 0.15) is 111 Å². The summed E-state index contributed by atoms with van der Waals surface area (Å²) < 4.78 is 0. The van der Waals surface area contributed by atoms with Gasteiger partial charge in [0.15, 0.2) is 0 Å². The van der Waals surface area contributed by atoms with Gasteiger partial charge in [-0.1, -0.05) is 467 Å². The van der Waals surface area contributed by atoms with E-state index < -0.39 is 27.1 Å². The smallest absolute Gasteiger partial charge is 0.0622 e. The van der Waals surface area contributed by atoms with E-state index >= 15 is 0 Å². The molecule has 0 saturated heterocycles. The molecule has 0 aromatic heterocycles. The molecule has 2 atom stereocenters. The highest BCUT2D eigenvalue weighted by molar-refractivity contribution is 6.26. The second-order valence-electron chi connectivity index (χ2n) is 36.5. The molecule has 0 fully saturated rings. The first-order valence-corrected chi connectivity index (χ1v) is 46.1. The monoisotopic (exact) mass is 1660 g/mol. The third-order valence-electron chi connectivity index (χ3n) is 30.7. The fourth-order valence-electron chi connectivity index (χ4n) is 25.4. The second kappa shape index (κ2) is 28.8. The molecular formula is C131H84. The third-order valence-corrected chi connectivity index (χ3v) is 30.7. The van der Waals surface area contributed by atoms with Gasteiger partial charge < -0.3 is 0 Å². The Morgan fingerprint density at radius 3 is 0.481 bits per heavy atom. The lowest BCUT2D eigenvalue weighted by Crippen LogP contribution is -2.30. The summed E-state index contributed by atoms with van der Waals surface area (Å²) in [5.41, 5.74) is 40.9. The zero-order valence-electron chi connectivity index (χ0n) is 72.0. The molecule has 0 saturated carbocycles. The van der Waals surface area contributed by atoms with E-state index in [0.717, 1.165) is 0 Å². The summed E-state index contributed by atoms with van der Waals surface area (Å²) in [6.45, 7) is 0. The van der Waals surface area contributed by atoms with E-state index in [-0.39, 0.29) is 0 Å². The molecule has 2 unspecified atom stereocenters. The van der Waals surface area contributed by atoms with Gasteiger partial charge >= 0.3 is 0 Å². The van der Waals surface area contributed by atoms with E-state index in [0.29, 0.717) is 0 Å². The van der Waals surface area contributed by atoms with Gasteiger partial charge in [-0.05, 0) is 275 Å². The Hall–Kier alpha value is -16.4. The van der Waals surface area contributed by atoms with Gasteiger partial charge in [0.25, 0.3) is 0 Å². The maximum atomic E-state index is 2.66. The SMILES string of the molecule is c1ccc(-c2ccc(C3(c4ccc5c(c4)c4ccc(C6(c7ccc(-c8ccccc8)cc7)c7ccccc7-c7cc8c(cc76)-c6ccccc6C8(c6ccccc6)c6ccccc6)cc4c4ccc(C6(c7ccc(-c8ccccc8)cc7)c7ccccc7-c7cc8c(cc76)-c6ccccc6C8(c6ccccc6)c6ccccc6)cc54)c4ccccc4-c4ccccc43)cc2)cc1. The number of rotatable bonds is 13. The minimum atomic E-state index is -0.856. The molecule has 0 bridgehead atoms. The van der Waals surface area contributed by atoms with Crippen LogP contribution in [0, 0.1) is 0 Å². The van der Waals surface area contributed by atoms with Crippen molar-refractivity contribution >= 4 is 32.3 Å². The minimum absolute atomic E-state index is 0.622. The van der Waals surface area contributed by atoms with Crippen molar-refractivity contribution in [2.75, 3.05) is 0 Å². The van der Waals surface area contributed by atoms with Crippen LogP contribution in [-0.2, 0) is 27.1 Å². The molecular weight excluding hydrogens is 1570 g/mol. The molecule has 5 aliphatic carbocycles. The average molecular weight is 1660 g/mol. The first kappa shape index (κ1) is 74.8. The first-order chi connectivity index (χ1) is 65.0. The summed E-state index contributed by atoms with van der Waals surface area (Å²) in [4.78, 5) is 0. The van der Waals surface area contributed by atoms with Crippen molar-refractivity contribution in [3.8, 4) is 89.0 Å². The molecule has 0 spiro atoms. The van der Waals surface area contributed by atoms with Crippen LogP contribution in [0.3, 0.4) is 0 Å². The predicted octanol–water partition coefficient (Wildman–Crippen LogP) is 32.0. The van der Waals surface area contributed by atoms with Crippen LogP contribution in [0.2, 0.25) is 0 Å². The van der Waals surface area contributed by atoms with E-state index in [1.54, 1.807) is 0 Å². The van der Waals surface area contributed by atoms with Gasteiger partial charge in [0.05, 0.1) is 27.1 Å². The molecule has 22 aromatic carbocycles. The van der Waals surface area contributed by atoms with Crippen LogP contribution >= 0.6 is 0 Å². The zero-order valence-corrected chi connectivity index (χ0v) is 72.0. The largest absolute Gasteiger partial charge is 0.0714 e. The standard InChI is InChI=1S/C131H84/c1-8-34-85(35-9-1)88-60-66-95(67-61-88)129(117-54-28-22-48-104(117)105-49-23-29-55-118(105)129)98-72-75-101-110(78-98)102-76-73-99(130(96-68-62-89(63-69-96)86-36-10-2-11-37-86)121-58-32-26-52-108(121)115-81-123-113(83-125(115)130)106-50-24-30-56-119(106)127(123,91-40-14-4-15-41-91)92-42-16-5-17-43-92)80-112(102)103-77-74-100(79-111(101)103)131(97-70-64-90(65-71-97)87-38-12-3-13-39-87)122-59-33-27-53-109(122)116-82-124-114(84-126(116)131)107-51-25-31-57-120(107)128(124,93-44-18-6-19-45-93)94-46-20-7-21-47-94/h1-84H. The lowest BCUT2D eigenvalue weighted by atomic mass is 9.65. The molecule has 0 N–H and O–H groups in total. The van der Waals surface area contributed by atoms with Crippen molar-refractivity contribution in [3.63, 3.8) is 0 Å². The van der Waals surface area contributed by atoms with Gasteiger partial charge in [-0.3, -0.25) is 0 Å².